The molecule has 1 aliphatic rings. The van der Waals surface area contributed by atoms with Crippen LogP contribution in [0.25, 0.3) is 17.2 Å². The molecular weight excluding hydrogens is 528 g/mol. The van der Waals surface area contributed by atoms with E-state index in [2.05, 4.69) is 13.5 Å². The summed E-state index contributed by atoms with van der Waals surface area (Å²) in [4.78, 5) is 0. The van der Waals surface area contributed by atoms with Gasteiger partial charge >= 0.3 is 0 Å². The second-order valence-electron chi connectivity index (χ2n) is 10.6. The van der Waals surface area contributed by atoms with Crippen LogP contribution >= 0.6 is 0 Å². The van der Waals surface area contributed by atoms with Crippen molar-refractivity contribution in [3.63, 3.8) is 0 Å². The standard InChI is InChI=1S/C35H38F4O2/c1-3-5-7-23-41-31-21-20-30(34(38)35(31)39)25-11-8-24(9-12-25)10-13-27-16-19-29(33(37)32(27)36)26-14-17-28(18-15-26)40-22-6-4-2/h3,10,13-21,24-25H,1,4-9,11-12,22-23H2,2H3/b13-10+. The van der Waals surface area contributed by atoms with Crippen molar-refractivity contribution < 1.29 is 27.0 Å². The van der Waals surface area contributed by atoms with Gasteiger partial charge in [0, 0.05) is 11.1 Å². The Morgan fingerprint density at radius 1 is 0.780 bits per heavy atom. The molecule has 0 saturated heterocycles. The van der Waals surface area contributed by atoms with Gasteiger partial charge in [0.25, 0.3) is 0 Å². The molecule has 1 fully saturated rings. The van der Waals surface area contributed by atoms with Crippen molar-refractivity contribution in [1.29, 1.82) is 0 Å². The molecule has 0 amide bonds. The zero-order chi connectivity index (χ0) is 29.2. The van der Waals surface area contributed by atoms with Crippen molar-refractivity contribution in [3.05, 3.63) is 102 Å². The third-order valence-electron chi connectivity index (χ3n) is 7.69. The Bertz CT molecular complexity index is 1320. The minimum absolute atomic E-state index is 0.0688. The molecule has 0 unspecified atom stereocenters. The van der Waals surface area contributed by atoms with E-state index >= 15 is 0 Å². The van der Waals surface area contributed by atoms with Gasteiger partial charge in [0.15, 0.2) is 23.2 Å². The van der Waals surface area contributed by atoms with Gasteiger partial charge in [-0.1, -0.05) is 61.9 Å². The van der Waals surface area contributed by atoms with Gasteiger partial charge in [-0.05, 0) is 86.1 Å². The monoisotopic (exact) mass is 566 g/mol. The van der Waals surface area contributed by atoms with Crippen LogP contribution in [-0.4, -0.2) is 13.2 Å². The summed E-state index contributed by atoms with van der Waals surface area (Å²) in [5, 5.41) is 0. The lowest BCUT2D eigenvalue weighted by Crippen LogP contribution is -2.14. The lowest BCUT2D eigenvalue weighted by Gasteiger charge is -2.27. The lowest BCUT2D eigenvalue weighted by atomic mass is 9.78. The van der Waals surface area contributed by atoms with Crippen molar-refractivity contribution in [1.82, 2.24) is 0 Å². The van der Waals surface area contributed by atoms with E-state index in [0.717, 1.165) is 32.1 Å². The van der Waals surface area contributed by atoms with E-state index < -0.39 is 23.3 Å². The van der Waals surface area contributed by atoms with Crippen LogP contribution in [0.15, 0.2) is 67.3 Å². The Balaban J connectivity index is 1.34. The molecule has 0 aliphatic heterocycles. The average molecular weight is 567 g/mol. The smallest absolute Gasteiger partial charge is 0.200 e. The van der Waals surface area contributed by atoms with Crippen molar-refractivity contribution in [2.24, 2.45) is 5.92 Å². The maximum atomic E-state index is 15.0. The molecule has 3 aromatic carbocycles. The highest BCUT2D eigenvalue weighted by Crippen LogP contribution is 2.39. The molecular formula is C35H38F4O2. The summed E-state index contributed by atoms with van der Waals surface area (Å²) in [6.07, 6.45) is 11.6. The number of ether oxygens (including phenoxy) is 2. The van der Waals surface area contributed by atoms with E-state index in [0.29, 0.717) is 49.4 Å². The van der Waals surface area contributed by atoms with E-state index in [-0.39, 0.29) is 28.7 Å². The zero-order valence-electron chi connectivity index (χ0n) is 23.6. The molecule has 0 aromatic heterocycles. The molecule has 6 heteroatoms. The van der Waals surface area contributed by atoms with Gasteiger partial charge in [0.2, 0.25) is 5.82 Å². The fourth-order valence-electron chi connectivity index (χ4n) is 5.23. The van der Waals surface area contributed by atoms with Crippen LogP contribution in [0.5, 0.6) is 11.5 Å². The number of unbranched alkanes of at least 4 members (excludes halogenated alkanes) is 2. The largest absolute Gasteiger partial charge is 0.494 e. The van der Waals surface area contributed by atoms with Gasteiger partial charge in [0.1, 0.15) is 5.75 Å². The highest BCUT2D eigenvalue weighted by Gasteiger charge is 2.26. The van der Waals surface area contributed by atoms with Crippen LogP contribution in [0.1, 0.15) is 75.3 Å². The number of hydrogen-bond acceptors (Lipinski definition) is 2. The molecule has 2 nitrogen and oxygen atoms in total. The van der Waals surface area contributed by atoms with Gasteiger partial charge in [-0.2, -0.15) is 4.39 Å². The predicted octanol–water partition coefficient (Wildman–Crippen LogP) is 10.4. The number of hydrogen-bond donors (Lipinski definition) is 0. The summed E-state index contributed by atoms with van der Waals surface area (Å²) in [6, 6.07) is 13.3. The molecule has 41 heavy (non-hydrogen) atoms. The first-order valence-electron chi connectivity index (χ1n) is 14.5. The average Bonchev–Trinajstić information content (AvgIpc) is 2.99. The van der Waals surface area contributed by atoms with Crippen molar-refractivity contribution in [2.45, 2.75) is 64.2 Å². The molecule has 0 atom stereocenters. The summed E-state index contributed by atoms with van der Waals surface area (Å²) in [5.41, 5.74) is 1.33. The molecule has 218 valence electrons. The number of rotatable bonds is 13. The summed E-state index contributed by atoms with van der Waals surface area (Å²) < 4.78 is 70.4. The normalized spacial score (nSPS) is 17.1. The fourth-order valence-corrected chi connectivity index (χ4v) is 5.23. The maximum absolute atomic E-state index is 15.0. The summed E-state index contributed by atoms with van der Waals surface area (Å²) in [6.45, 7) is 6.64. The van der Waals surface area contributed by atoms with Crippen molar-refractivity contribution in [2.75, 3.05) is 13.2 Å². The number of benzene rings is 3. The summed E-state index contributed by atoms with van der Waals surface area (Å²) in [5.74, 6) is -2.88. The van der Waals surface area contributed by atoms with E-state index in [4.69, 9.17) is 9.47 Å². The molecule has 3 aromatic rings. The van der Waals surface area contributed by atoms with Gasteiger partial charge in [0.05, 0.1) is 13.2 Å². The van der Waals surface area contributed by atoms with E-state index in [9.17, 15) is 17.6 Å². The Hall–Kier alpha value is -3.54. The molecule has 1 aliphatic carbocycles. The van der Waals surface area contributed by atoms with Crippen LogP contribution in [0.2, 0.25) is 0 Å². The Kier molecular flexibility index (Phi) is 11.1. The van der Waals surface area contributed by atoms with Gasteiger partial charge in [-0.15, -0.1) is 6.58 Å². The predicted molar refractivity (Wildman–Crippen MR) is 157 cm³/mol. The van der Waals surface area contributed by atoms with Gasteiger partial charge < -0.3 is 9.47 Å². The molecule has 1 saturated carbocycles. The second kappa shape index (κ2) is 14.9. The molecule has 0 bridgehead atoms. The third kappa shape index (κ3) is 7.81. The maximum Gasteiger partial charge on any atom is 0.200 e. The van der Waals surface area contributed by atoms with Crippen LogP contribution in [0.4, 0.5) is 17.6 Å². The summed E-state index contributed by atoms with van der Waals surface area (Å²) in [7, 11) is 0. The Labute approximate surface area is 240 Å². The Morgan fingerprint density at radius 3 is 2.22 bits per heavy atom. The SMILES string of the molecule is C=CCCCOc1ccc(C2CCC(/C=C/c3ccc(-c4ccc(OCCCC)cc4)c(F)c3F)CC2)c(F)c1F. The molecule has 0 radical (unpaired) electrons. The van der Waals surface area contributed by atoms with E-state index in [1.54, 1.807) is 54.6 Å². The molecule has 4 rings (SSSR count). The molecule has 0 heterocycles. The minimum atomic E-state index is -0.944. The highest BCUT2D eigenvalue weighted by atomic mass is 19.2. The van der Waals surface area contributed by atoms with Crippen molar-refractivity contribution in [3.8, 4) is 22.6 Å². The zero-order valence-corrected chi connectivity index (χ0v) is 23.6. The first-order valence-corrected chi connectivity index (χ1v) is 14.5. The van der Waals surface area contributed by atoms with E-state index in [1.165, 1.54) is 6.07 Å². The number of halogens is 4. The second-order valence-corrected chi connectivity index (χ2v) is 10.6. The van der Waals surface area contributed by atoms with Gasteiger partial charge in [-0.25, -0.2) is 13.2 Å². The lowest BCUT2D eigenvalue weighted by molar-refractivity contribution is 0.288. The molecule has 0 N–H and O–H groups in total. The summed E-state index contributed by atoms with van der Waals surface area (Å²) >= 11 is 0. The third-order valence-corrected chi connectivity index (χ3v) is 7.69. The first-order chi connectivity index (χ1) is 19.9. The highest BCUT2D eigenvalue weighted by molar-refractivity contribution is 5.67. The van der Waals surface area contributed by atoms with E-state index in [1.807, 2.05) is 6.08 Å². The number of allylic oxidation sites excluding steroid dienone is 2. The quantitative estimate of drug-likeness (QED) is 0.116. The fraction of sp³-hybridized carbons (Fsp3) is 0.371. The van der Waals surface area contributed by atoms with Crippen LogP contribution in [-0.2, 0) is 0 Å². The van der Waals surface area contributed by atoms with Crippen LogP contribution < -0.4 is 9.47 Å². The Morgan fingerprint density at radius 2 is 1.51 bits per heavy atom. The van der Waals surface area contributed by atoms with Crippen molar-refractivity contribution >= 4 is 6.08 Å². The van der Waals surface area contributed by atoms with Crippen LogP contribution in [0.3, 0.4) is 0 Å². The first kappa shape index (κ1) is 30.4. The van der Waals surface area contributed by atoms with Gasteiger partial charge in [-0.3, -0.25) is 0 Å². The topological polar surface area (TPSA) is 18.5 Å². The minimum Gasteiger partial charge on any atom is -0.494 e. The van der Waals surface area contributed by atoms with Crippen LogP contribution in [0, 0.1) is 29.2 Å². The molecule has 0 spiro atoms.